The molecule has 0 aliphatic carbocycles. The number of rotatable bonds is 58. The highest BCUT2D eigenvalue weighted by Gasteiger charge is 2.19. The molecular formula is C63H120O6. The fourth-order valence-corrected chi connectivity index (χ4v) is 9.57. The molecule has 6 nitrogen and oxygen atoms in total. The van der Waals surface area contributed by atoms with Gasteiger partial charge in [0.25, 0.3) is 0 Å². The number of unbranched alkanes of at least 4 members (excludes halogenated alkanes) is 45. The van der Waals surface area contributed by atoms with Crippen molar-refractivity contribution in [2.24, 2.45) is 0 Å². The van der Waals surface area contributed by atoms with Crippen LogP contribution in [0.15, 0.2) is 12.2 Å². The van der Waals surface area contributed by atoms with Crippen molar-refractivity contribution in [2.45, 2.75) is 361 Å². The van der Waals surface area contributed by atoms with Crippen LogP contribution in [0.3, 0.4) is 0 Å². The van der Waals surface area contributed by atoms with Crippen LogP contribution in [-0.4, -0.2) is 37.2 Å². The number of carbonyl (C=O) groups excluding carboxylic acids is 3. The van der Waals surface area contributed by atoms with Crippen LogP contribution >= 0.6 is 0 Å². The zero-order valence-corrected chi connectivity index (χ0v) is 46.9. The van der Waals surface area contributed by atoms with Gasteiger partial charge in [0.05, 0.1) is 0 Å². The van der Waals surface area contributed by atoms with Crippen molar-refractivity contribution in [1.82, 2.24) is 0 Å². The second-order valence-electron chi connectivity index (χ2n) is 21.3. The molecule has 0 aliphatic heterocycles. The topological polar surface area (TPSA) is 78.9 Å². The van der Waals surface area contributed by atoms with Crippen LogP contribution in [0, 0.1) is 0 Å². The monoisotopic (exact) mass is 973 g/mol. The maximum atomic E-state index is 12.8. The van der Waals surface area contributed by atoms with Crippen molar-refractivity contribution in [3.8, 4) is 0 Å². The number of carbonyl (C=O) groups is 3. The Hall–Kier alpha value is -1.85. The zero-order valence-electron chi connectivity index (χ0n) is 46.9. The van der Waals surface area contributed by atoms with Gasteiger partial charge in [-0.3, -0.25) is 14.4 Å². The van der Waals surface area contributed by atoms with Gasteiger partial charge in [0.2, 0.25) is 0 Å². The maximum absolute atomic E-state index is 12.8. The Balaban J connectivity index is 4.14. The minimum absolute atomic E-state index is 0.0665. The molecule has 0 heterocycles. The molecule has 0 aromatic rings. The Bertz CT molecular complexity index is 1070. The van der Waals surface area contributed by atoms with Gasteiger partial charge < -0.3 is 14.2 Å². The van der Waals surface area contributed by atoms with E-state index in [4.69, 9.17) is 14.2 Å². The summed E-state index contributed by atoms with van der Waals surface area (Å²) in [4.78, 5) is 38.1. The molecule has 0 spiro atoms. The maximum Gasteiger partial charge on any atom is 0.306 e. The zero-order chi connectivity index (χ0) is 50.0. The van der Waals surface area contributed by atoms with E-state index in [2.05, 4.69) is 32.9 Å². The van der Waals surface area contributed by atoms with Gasteiger partial charge in [-0.1, -0.05) is 309 Å². The highest BCUT2D eigenvalue weighted by Crippen LogP contribution is 2.18. The average Bonchev–Trinajstić information content (AvgIpc) is 3.35. The first-order valence-corrected chi connectivity index (χ1v) is 31.2. The summed E-state index contributed by atoms with van der Waals surface area (Å²) < 4.78 is 16.9. The Morgan fingerprint density at radius 2 is 0.507 bits per heavy atom. The molecule has 1 unspecified atom stereocenters. The van der Waals surface area contributed by atoms with Crippen molar-refractivity contribution in [1.29, 1.82) is 0 Å². The number of hydrogen-bond donors (Lipinski definition) is 0. The Labute approximate surface area is 431 Å². The summed E-state index contributed by atoms with van der Waals surface area (Å²) in [6.45, 7) is 6.64. The molecule has 0 amide bonds. The lowest BCUT2D eigenvalue weighted by Crippen LogP contribution is -2.30. The molecule has 6 heteroatoms. The third-order valence-corrected chi connectivity index (χ3v) is 14.3. The molecule has 0 aliphatic rings. The molecule has 0 fully saturated rings. The molecule has 0 radical (unpaired) electrons. The summed E-state index contributed by atoms with van der Waals surface area (Å²) >= 11 is 0. The highest BCUT2D eigenvalue weighted by atomic mass is 16.6. The molecule has 0 saturated carbocycles. The molecule has 0 saturated heterocycles. The van der Waals surface area contributed by atoms with E-state index in [1.165, 1.54) is 244 Å². The van der Waals surface area contributed by atoms with Crippen LogP contribution in [0.5, 0.6) is 0 Å². The second-order valence-corrected chi connectivity index (χ2v) is 21.3. The predicted molar refractivity (Wildman–Crippen MR) is 298 cm³/mol. The lowest BCUT2D eigenvalue weighted by Gasteiger charge is -2.18. The smallest absolute Gasteiger partial charge is 0.306 e. The van der Waals surface area contributed by atoms with Crippen LogP contribution in [-0.2, 0) is 28.6 Å². The first-order valence-electron chi connectivity index (χ1n) is 31.2. The summed E-state index contributed by atoms with van der Waals surface area (Å²) in [5.41, 5.74) is 0. The van der Waals surface area contributed by atoms with Crippen LogP contribution < -0.4 is 0 Å². The molecule has 0 N–H and O–H groups in total. The van der Waals surface area contributed by atoms with Gasteiger partial charge in [-0.2, -0.15) is 0 Å². The molecule has 0 bridgehead atoms. The molecule has 0 aromatic carbocycles. The number of esters is 3. The summed E-state index contributed by atoms with van der Waals surface area (Å²) in [5.74, 6) is -0.851. The van der Waals surface area contributed by atoms with Gasteiger partial charge in [0.15, 0.2) is 6.10 Å². The van der Waals surface area contributed by atoms with Crippen molar-refractivity contribution in [2.75, 3.05) is 13.2 Å². The van der Waals surface area contributed by atoms with Crippen molar-refractivity contribution in [3.63, 3.8) is 0 Å². The standard InChI is InChI=1S/C63H120O6/c1-4-7-10-13-16-19-22-24-26-28-29-30-31-32-33-34-35-36-38-39-41-44-47-50-53-56-62(65)68-59-60(58-67-61(64)55-52-49-46-43-21-18-15-12-9-6-3)69-63(66)57-54-51-48-45-42-40-37-27-25-23-20-17-14-11-8-5-2/h12,15,60H,4-11,13-14,16-59H2,1-3H3/b15-12-. The number of ether oxygens (including phenoxy) is 3. The lowest BCUT2D eigenvalue weighted by atomic mass is 10.0. The SMILES string of the molecule is CCC/C=C\CCCCCCCC(=O)OCC(COC(=O)CCCCCCCCCCCCCCCCCCCCCCCCCCC)OC(=O)CCCCCCCCCCCCCCCCCC. The van der Waals surface area contributed by atoms with Crippen LogP contribution in [0.2, 0.25) is 0 Å². The Morgan fingerprint density at radius 3 is 0.783 bits per heavy atom. The summed E-state index contributed by atoms with van der Waals surface area (Å²) in [6, 6.07) is 0. The fraction of sp³-hybridized carbons (Fsp3) is 0.921. The lowest BCUT2D eigenvalue weighted by molar-refractivity contribution is -0.167. The van der Waals surface area contributed by atoms with Gasteiger partial charge in [-0.15, -0.1) is 0 Å². The average molecular weight is 974 g/mol. The fourth-order valence-electron chi connectivity index (χ4n) is 9.57. The highest BCUT2D eigenvalue weighted by molar-refractivity contribution is 5.71. The second kappa shape index (κ2) is 58.7. The van der Waals surface area contributed by atoms with Crippen LogP contribution in [0.25, 0.3) is 0 Å². The van der Waals surface area contributed by atoms with E-state index in [0.717, 1.165) is 70.6 Å². The van der Waals surface area contributed by atoms with Crippen LogP contribution in [0.4, 0.5) is 0 Å². The third-order valence-electron chi connectivity index (χ3n) is 14.3. The van der Waals surface area contributed by atoms with E-state index < -0.39 is 6.10 Å². The van der Waals surface area contributed by atoms with Crippen molar-refractivity contribution < 1.29 is 28.6 Å². The molecule has 69 heavy (non-hydrogen) atoms. The van der Waals surface area contributed by atoms with Gasteiger partial charge in [0.1, 0.15) is 13.2 Å². The molecule has 1 atom stereocenters. The van der Waals surface area contributed by atoms with E-state index in [0.29, 0.717) is 19.3 Å². The van der Waals surface area contributed by atoms with Gasteiger partial charge in [0, 0.05) is 19.3 Å². The molecular weight excluding hydrogens is 853 g/mol. The normalized spacial score (nSPS) is 12.0. The van der Waals surface area contributed by atoms with Gasteiger partial charge in [-0.25, -0.2) is 0 Å². The predicted octanol–water partition coefficient (Wildman–Crippen LogP) is 20.9. The van der Waals surface area contributed by atoms with Crippen molar-refractivity contribution >= 4 is 17.9 Å². The summed E-state index contributed by atoms with van der Waals surface area (Å²) in [7, 11) is 0. The van der Waals surface area contributed by atoms with E-state index in [1.807, 2.05) is 0 Å². The number of hydrogen-bond acceptors (Lipinski definition) is 6. The number of allylic oxidation sites excluding steroid dienone is 2. The first-order chi connectivity index (χ1) is 34.0. The van der Waals surface area contributed by atoms with Crippen molar-refractivity contribution in [3.05, 3.63) is 12.2 Å². The molecule has 0 aromatic heterocycles. The Kier molecular flexibility index (Phi) is 57.1. The van der Waals surface area contributed by atoms with Gasteiger partial charge in [-0.05, 0) is 38.5 Å². The van der Waals surface area contributed by atoms with Gasteiger partial charge >= 0.3 is 17.9 Å². The Morgan fingerprint density at radius 1 is 0.275 bits per heavy atom. The quantitative estimate of drug-likeness (QED) is 0.0261. The van der Waals surface area contributed by atoms with E-state index >= 15 is 0 Å². The van der Waals surface area contributed by atoms with E-state index in [1.54, 1.807) is 0 Å². The minimum atomic E-state index is -0.767. The third kappa shape index (κ3) is 56.9. The van der Waals surface area contributed by atoms with Crippen LogP contribution in [0.1, 0.15) is 355 Å². The first kappa shape index (κ1) is 67.1. The molecule has 408 valence electrons. The van der Waals surface area contributed by atoms with E-state index in [9.17, 15) is 14.4 Å². The molecule has 0 rings (SSSR count). The van der Waals surface area contributed by atoms with E-state index in [-0.39, 0.29) is 31.1 Å². The minimum Gasteiger partial charge on any atom is -0.462 e. The summed E-state index contributed by atoms with van der Waals surface area (Å²) in [5, 5.41) is 0. The largest absolute Gasteiger partial charge is 0.462 e. The summed E-state index contributed by atoms with van der Waals surface area (Å²) in [6.07, 6.45) is 68.0.